The number of amides is 2. The van der Waals surface area contributed by atoms with Crippen molar-refractivity contribution in [3.8, 4) is 11.1 Å². The SMILES string of the molecule is CN1CCN(C(=O)c2cc(Cc3n[nH]c(=O)c4ccccc34)ccc2F)CC1.O=CCN1CCN(CC2=CCN(C(=O)c3c(F)cc(-c4ccccc4)cc3F)CC2)CC1. The number of fused-ring (bicyclic) bond motifs is 1. The Hall–Kier alpha value is -5.96. The number of aromatic amines is 1. The first-order chi connectivity index (χ1) is 29.1. The third-order valence-corrected chi connectivity index (χ3v) is 11.4. The van der Waals surface area contributed by atoms with E-state index in [2.05, 4.69) is 24.9 Å². The van der Waals surface area contributed by atoms with E-state index in [-0.39, 0.29) is 17.0 Å². The minimum atomic E-state index is -0.836. The molecule has 312 valence electrons. The lowest BCUT2D eigenvalue weighted by molar-refractivity contribution is -0.109. The van der Waals surface area contributed by atoms with Gasteiger partial charge in [0.15, 0.2) is 0 Å². The number of aldehydes is 1. The number of piperazine rings is 2. The Bertz CT molecular complexity index is 2400. The first-order valence-electron chi connectivity index (χ1n) is 20.2. The maximum atomic E-state index is 14.7. The van der Waals surface area contributed by atoms with Crippen molar-refractivity contribution in [2.75, 3.05) is 85.6 Å². The molecule has 2 saturated heterocycles. The topological polar surface area (TPSA) is 113 Å². The Morgan fingerprint density at radius 2 is 1.38 bits per heavy atom. The molecule has 2 fully saturated rings. The summed E-state index contributed by atoms with van der Waals surface area (Å²) >= 11 is 0. The van der Waals surface area contributed by atoms with E-state index in [0.717, 1.165) is 63.0 Å². The highest BCUT2D eigenvalue weighted by atomic mass is 19.1. The highest BCUT2D eigenvalue weighted by molar-refractivity contribution is 5.96. The van der Waals surface area contributed by atoms with Crippen molar-refractivity contribution in [1.82, 2.24) is 34.7 Å². The molecule has 14 heteroatoms. The number of carbonyl (C=O) groups excluding carboxylic acids is 3. The predicted molar refractivity (Wildman–Crippen MR) is 224 cm³/mol. The second-order valence-corrected chi connectivity index (χ2v) is 15.4. The molecular formula is C46H48F3N7O4. The Labute approximate surface area is 346 Å². The van der Waals surface area contributed by atoms with Gasteiger partial charge < -0.3 is 19.5 Å². The van der Waals surface area contributed by atoms with Crippen LogP contribution in [0.4, 0.5) is 13.2 Å². The van der Waals surface area contributed by atoms with Gasteiger partial charge in [0.25, 0.3) is 17.4 Å². The number of nitrogens with one attached hydrogen (secondary N) is 1. The van der Waals surface area contributed by atoms with Crippen molar-refractivity contribution >= 4 is 28.9 Å². The minimum absolute atomic E-state index is 0.0794. The smallest absolute Gasteiger partial charge is 0.272 e. The number of aromatic nitrogens is 2. The summed E-state index contributed by atoms with van der Waals surface area (Å²) in [6.07, 6.45) is 4.01. The molecular weight excluding hydrogens is 772 g/mol. The van der Waals surface area contributed by atoms with Crippen molar-refractivity contribution < 1.29 is 27.6 Å². The summed E-state index contributed by atoms with van der Waals surface area (Å²) in [6, 6.07) is 23.2. The van der Waals surface area contributed by atoms with Crippen LogP contribution in [0.3, 0.4) is 0 Å². The van der Waals surface area contributed by atoms with Gasteiger partial charge in [0, 0.05) is 83.8 Å². The second kappa shape index (κ2) is 19.4. The van der Waals surface area contributed by atoms with Crippen molar-refractivity contribution in [1.29, 1.82) is 0 Å². The molecule has 5 aromatic rings. The van der Waals surface area contributed by atoms with E-state index in [1.807, 2.05) is 31.3 Å². The number of likely N-dealkylation sites (N-methyl/N-ethyl adjacent to an activating group) is 1. The number of H-pyrrole nitrogens is 1. The van der Waals surface area contributed by atoms with Gasteiger partial charge in [-0.15, -0.1) is 0 Å². The fourth-order valence-electron chi connectivity index (χ4n) is 7.82. The monoisotopic (exact) mass is 819 g/mol. The Kier molecular flexibility index (Phi) is 13.6. The van der Waals surface area contributed by atoms with Crippen LogP contribution in [-0.2, 0) is 11.2 Å². The number of carbonyl (C=O) groups is 3. The van der Waals surface area contributed by atoms with Crippen molar-refractivity contribution in [3.05, 3.63) is 147 Å². The van der Waals surface area contributed by atoms with Gasteiger partial charge in [0.1, 0.15) is 29.3 Å². The van der Waals surface area contributed by atoms with Gasteiger partial charge in [0.05, 0.1) is 23.2 Å². The summed E-state index contributed by atoms with van der Waals surface area (Å²) in [7, 11) is 2.00. The van der Waals surface area contributed by atoms with Crippen LogP contribution in [0.25, 0.3) is 21.9 Å². The summed E-state index contributed by atoms with van der Waals surface area (Å²) in [5, 5.41) is 7.98. The van der Waals surface area contributed by atoms with E-state index in [1.165, 1.54) is 28.7 Å². The molecule has 0 spiro atoms. The molecule has 1 aromatic heterocycles. The molecule has 0 aliphatic carbocycles. The van der Waals surface area contributed by atoms with Crippen LogP contribution in [0.2, 0.25) is 0 Å². The minimum Gasteiger partial charge on any atom is -0.336 e. The Balaban J connectivity index is 0.000000183. The molecule has 0 atom stereocenters. The molecule has 0 radical (unpaired) electrons. The summed E-state index contributed by atoms with van der Waals surface area (Å²) < 4.78 is 43.9. The lowest BCUT2D eigenvalue weighted by Gasteiger charge is -2.35. The zero-order valence-electron chi connectivity index (χ0n) is 33.6. The van der Waals surface area contributed by atoms with E-state index in [1.54, 1.807) is 53.4 Å². The van der Waals surface area contributed by atoms with Gasteiger partial charge in [0.2, 0.25) is 0 Å². The number of nitrogens with zero attached hydrogens (tertiary/aromatic N) is 6. The molecule has 60 heavy (non-hydrogen) atoms. The lowest BCUT2D eigenvalue weighted by atomic mass is 10.0. The van der Waals surface area contributed by atoms with E-state index in [9.17, 15) is 32.3 Å². The van der Waals surface area contributed by atoms with Crippen LogP contribution in [0.15, 0.2) is 101 Å². The van der Waals surface area contributed by atoms with Gasteiger partial charge in [-0.1, -0.05) is 66.2 Å². The number of hydrogen-bond acceptors (Lipinski definition) is 8. The van der Waals surface area contributed by atoms with Crippen molar-refractivity contribution in [3.63, 3.8) is 0 Å². The van der Waals surface area contributed by atoms with Crippen LogP contribution in [-0.4, -0.2) is 138 Å². The fraction of sp³-hybridized carbons (Fsp3) is 0.326. The number of halogens is 3. The largest absolute Gasteiger partial charge is 0.336 e. The van der Waals surface area contributed by atoms with E-state index < -0.39 is 28.9 Å². The van der Waals surface area contributed by atoms with Crippen LogP contribution < -0.4 is 5.56 Å². The zero-order chi connectivity index (χ0) is 42.2. The molecule has 11 nitrogen and oxygen atoms in total. The quantitative estimate of drug-likeness (QED) is 0.159. The lowest BCUT2D eigenvalue weighted by Crippen LogP contribution is -2.47. The van der Waals surface area contributed by atoms with Gasteiger partial charge in [-0.25, -0.2) is 18.3 Å². The first kappa shape index (κ1) is 42.2. The average Bonchev–Trinajstić information content (AvgIpc) is 3.26. The van der Waals surface area contributed by atoms with E-state index in [0.29, 0.717) is 67.8 Å². The normalized spacial score (nSPS) is 16.6. The summed E-state index contributed by atoms with van der Waals surface area (Å²) in [4.78, 5) is 58.0. The third kappa shape index (κ3) is 10.1. The number of hydrogen-bond donors (Lipinski definition) is 1. The van der Waals surface area contributed by atoms with Crippen molar-refractivity contribution in [2.45, 2.75) is 12.8 Å². The van der Waals surface area contributed by atoms with Gasteiger partial charge >= 0.3 is 0 Å². The molecule has 4 aromatic carbocycles. The van der Waals surface area contributed by atoms with Gasteiger partial charge in [-0.3, -0.25) is 24.2 Å². The second-order valence-electron chi connectivity index (χ2n) is 15.4. The van der Waals surface area contributed by atoms with Crippen molar-refractivity contribution in [2.24, 2.45) is 0 Å². The van der Waals surface area contributed by atoms with E-state index >= 15 is 0 Å². The molecule has 0 saturated carbocycles. The molecule has 0 bridgehead atoms. The number of rotatable bonds is 9. The number of benzene rings is 4. The predicted octanol–water partition coefficient (Wildman–Crippen LogP) is 5.26. The third-order valence-electron chi connectivity index (χ3n) is 11.4. The fourth-order valence-corrected chi connectivity index (χ4v) is 7.82. The Morgan fingerprint density at radius 3 is 2.05 bits per heavy atom. The van der Waals surface area contributed by atoms with Crippen LogP contribution in [0, 0.1) is 17.5 Å². The highest BCUT2D eigenvalue weighted by Gasteiger charge is 2.27. The summed E-state index contributed by atoms with van der Waals surface area (Å²) in [5.74, 6) is -3.09. The Morgan fingerprint density at radius 1 is 0.717 bits per heavy atom. The highest BCUT2D eigenvalue weighted by Crippen LogP contribution is 2.27. The molecule has 0 unspecified atom stereocenters. The molecule has 3 aliphatic rings. The maximum Gasteiger partial charge on any atom is 0.272 e. The molecule has 3 aliphatic heterocycles. The molecule has 4 heterocycles. The average molecular weight is 820 g/mol. The van der Waals surface area contributed by atoms with Gasteiger partial charge in [-0.05, 0) is 60.5 Å². The molecule has 2 amide bonds. The van der Waals surface area contributed by atoms with Gasteiger partial charge in [-0.2, -0.15) is 5.10 Å². The standard InChI is InChI=1S/C25H27F2N3O2.C21H21FN4O2/c26-22-16-21(20-4-2-1-3-5-20)17-23(27)24(22)25(32)30-8-6-19(7-9-30)18-29-12-10-28(11-13-29)14-15-31;1-25-8-10-26(11-9-25)21(28)17-12-14(6-7-18(17)22)13-19-15-4-2-3-5-16(15)20(27)24-23-19/h1-6,15-17H,7-14,18H2;2-7,12H,8-11,13H2,1H3,(H,24,27). The molecule has 8 rings (SSSR count). The molecule has 1 N–H and O–H groups in total. The summed E-state index contributed by atoms with van der Waals surface area (Å²) in [5.41, 5.74) is 3.13. The first-order valence-corrected chi connectivity index (χ1v) is 20.2. The maximum absolute atomic E-state index is 14.7. The van der Waals surface area contributed by atoms with E-state index in [4.69, 9.17) is 0 Å². The van der Waals surface area contributed by atoms with Crippen LogP contribution >= 0.6 is 0 Å². The zero-order valence-corrected chi connectivity index (χ0v) is 33.6. The van der Waals surface area contributed by atoms with Crippen LogP contribution in [0.5, 0.6) is 0 Å². The summed E-state index contributed by atoms with van der Waals surface area (Å²) in [6.45, 7) is 8.36. The van der Waals surface area contributed by atoms with Crippen LogP contribution in [0.1, 0.15) is 38.4 Å².